The second-order valence-corrected chi connectivity index (χ2v) is 7.82. The predicted octanol–water partition coefficient (Wildman–Crippen LogP) is 3.62. The molecule has 1 aromatic carbocycles. The fourth-order valence-electron chi connectivity index (χ4n) is 3.54. The van der Waals surface area contributed by atoms with Crippen LogP contribution in [0.5, 0.6) is 0 Å². The maximum Gasteiger partial charge on any atom is 0.228 e. The van der Waals surface area contributed by atoms with Gasteiger partial charge < -0.3 is 9.64 Å². The zero-order chi connectivity index (χ0) is 17.8. The maximum atomic E-state index is 12.9. The van der Waals surface area contributed by atoms with Gasteiger partial charge in [0, 0.05) is 38.2 Å². The van der Waals surface area contributed by atoms with E-state index in [1.165, 1.54) is 0 Å². The van der Waals surface area contributed by atoms with Crippen molar-refractivity contribution in [3.63, 3.8) is 0 Å². The van der Waals surface area contributed by atoms with Gasteiger partial charge in [0.25, 0.3) is 0 Å². The van der Waals surface area contributed by atoms with E-state index in [9.17, 15) is 4.79 Å². The van der Waals surface area contributed by atoms with Crippen LogP contribution in [-0.2, 0) is 16.0 Å². The minimum atomic E-state index is 0. The zero-order valence-electron chi connectivity index (χ0n) is 15.4. The largest absolute Gasteiger partial charge is 0.379 e. The van der Waals surface area contributed by atoms with E-state index in [1.54, 1.807) is 11.3 Å². The van der Waals surface area contributed by atoms with Crippen LogP contribution in [0.3, 0.4) is 0 Å². The number of thiazole rings is 1. The molecule has 2 aliphatic heterocycles. The summed E-state index contributed by atoms with van der Waals surface area (Å²) >= 11 is 1.66. The first-order valence-corrected chi connectivity index (χ1v) is 10.3. The number of hydrogen-bond acceptors (Lipinski definition) is 5. The minimum Gasteiger partial charge on any atom is -0.379 e. The molecule has 27 heavy (non-hydrogen) atoms. The number of morpholine rings is 1. The van der Waals surface area contributed by atoms with Crippen LogP contribution in [0.25, 0.3) is 10.6 Å². The first kappa shape index (κ1) is 20.3. The molecule has 0 spiro atoms. The highest BCUT2D eigenvalue weighted by Gasteiger charge is 2.26. The van der Waals surface area contributed by atoms with E-state index in [4.69, 9.17) is 9.72 Å². The Bertz CT molecular complexity index is 747. The van der Waals surface area contributed by atoms with Gasteiger partial charge in [-0.25, -0.2) is 4.98 Å². The highest BCUT2D eigenvalue weighted by molar-refractivity contribution is 7.19. The topological polar surface area (TPSA) is 45.7 Å². The molecule has 3 heterocycles. The van der Waals surface area contributed by atoms with Crippen molar-refractivity contribution < 1.29 is 9.53 Å². The summed E-state index contributed by atoms with van der Waals surface area (Å²) < 4.78 is 5.39. The van der Waals surface area contributed by atoms with Crippen LogP contribution in [0, 0.1) is 0 Å². The number of nitrogens with zero attached hydrogens (tertiary/aromatic N) is 3. The second kappa shape index (κ2) is 9.64. The Labute approximate surface area is 170 Å². The van der Waals surface area contributed by atoms with Crippen molar-refractivity contribution in [2.45, 2.75) is 25.7 Å². The molecule has 0 aliphatic carbocycles. The predicted molar refractivity (Wildman–Crippen MR) is 112 cm³/mol. The normalized spacial score (nSPS) is 17.7. The van der Waals surface area contributed by atoms with Crippen molar-refractivity contribution in [2.24, 2.45) is 0 Å². The van der Waals surface area contributed by atoms with Crippen LogP contribution in [0.2, 0.25) is 0 Å². The van der Waals surface area contributed by atoms with E-state index in [0.717, 1.165) is 79.9 Å². The zero-order valence-corrected chi connectivity index (χ0v) is 17.1. The van der Waals surface area contributed by atoms with E-state index in [2.05, 4.69) is 17.0 Å². The Morgan fingerprint density at radius 3 is 2.67 bits per heavy atom. The van der Waals surface area contributed by atoms with Gasteiger partial charge in [0.2, 0.25) is 5.91 Å². The standard InChI is InChI=1S/C20H25N3O2S.ClH/c24-18(9-11-22-12-14-25-15-13-22)23-10-5-4-8-17-20(23)26-19(21-17)16-6-2-1-3-7-16;/h1-3,6-7H,4-5,8-15H2;1H. The van der Waals surface area contributed by atoms with Crippen molar-refractivity contribution in [3.05, 3.63) is 36.0 Å². The summed E-state index contributed by atoms with van der Waals surface area (Å²) in [6, 6.07) is 10.3. The molecule has 0 N–H and O–H groups in total. The van der Waals surface area contributed by atoms with Crippen LogP contribution < -0.4 is 4.90 Å². The minimum absolute atomic E-state index is 0. The van der Waals surface area contributed by atoms with Crippen LogP contribution >= 0.6 is 23.7 Å². The summed E-state index contributed by atoms with van der Waals surface area (Å²) in [4.78, 5) is 22.1. The monoisotopic (exact) mass is 407 g/mol. The first-order chi connectivity index (χ1) is 12.8. The summed E-state index contributed by atoms with van der Waals surface area (Å²) in [6.45, 7) is 5.03. The van der Waals surface area contributed by atoms with Crippen molar-refractivity contribution in [3.8, 4) is 10.6 Å². The molecule has 146 valence electrons. The third-order valence-electron chi connectivity index (χ3n) is 5.03. The maximum absolute atomic E-state index is 12.9. The number of anilines is 1. The summed E-state index contributed by atoms with van der Waals surface area (Å²) in [5.41, 5.74) is 2.22. The van der Waals surface area contributed by atoms with Crippen LogP contribution in [0.15, 0.2) is 30.3 Å². The molecule has 0 saturated carbocycles. The van der Waals surface area contributed by atoms with Gasteiger partial charge in [-0.3, -0.25) is 9.69 Å². The number of carbonyl (C=O) groups excluding carboxylic acids is 1. The van der Waals surface area contributed by atoms with E-state index in [-0.39, 0.29) is 18.3 Å². The van der Waals surface area contributed by atoms with Crippen molar-refractivity contribution in [1.82, 2.24) is 9.88 Å². The molecule has 5 nitrogen and oxygen atoms in total. The van der Waals surface area contributed by atoms with Gasteiger partial charge in [-0.2, -0.15) is 0 Å². The Kier molecular flexibility index (Phi) is 7.24. The molecule has 7 heteroatoms. The van der Waals surface area contributed by atoms with Crippen LogP contribution in [-0.4, -0.2) is 55.2 Å². The number of fused-ring (bicyclic) bond motifs is 1. The Morgan fingerprint density at radius 2 is 1.89 bits per heavy atom. The highest BCUT2D eigenvalue weighted by Crippen LogP contribution is 2.37. The van der Waals surface area contributed by atoms with Gasteiger partial charge in [-0.05, 0) is 19.3 Å². The number of aromatic nitrogens is 1. The highest BCUT2D eigenvalue weighted by atomic mass is 35.5. The van der Waals surface area contributed by atoms with Crippen molar-refractivity contribution in [2.75, 3.05) is 44.3 Å². The number of hydrogen-bond donors (Lipinski definition) is 0. The quantitative estimate of drug-likeness (QED) is 0.776. The molecule has 1 amide bonds. The van der Waals surface area contributed by atoms with Gasteiger partial charge in [-0.1, -0.05) is 41.7 Å². The number of benzene rings is 1. The fraction of sp³-hybridized carbons (Fsp3) is 0.500. The van der Waals surface area contributed by atoms with Gasteiger partial charge in [0.1, 0.15) is 10.0 Å². The third-order valence-corrected chi connectivity index (χ3v) is 6.20. The fourth-order valence-corrected chi connectivity index (χ4v) is 4.70. The Balaban J connectivity index is 0.00000210. The Hall–Kier alpha value is -1.47. The lowest BCUT2D eigenvalue weighted by molar-refractivity contribution is -0.119. The second-order valence-electron chi connectivity index (χ2n) is 6.84. The SMILES string of the molecule is Cl.O=C(CCN1CCOCC1)N1CCCCc2nc(-c3ccccc3)sc21. The third kappa shape index (κ3) is 4.88. The molecule has 1 saturated heterocycles. The van der Waals surface area contributed by atoms with E-state index >= 15 is 0 Å². The van der Waals surface area contributed by atoms with E-state index in [1.807, 2.05) is 23.1 Å². The van der Waals surface area contributed by atoms with Gasteiger partial charge in [0.15, 0.2) is 0 Å². The van der Waals surface area contributed by atoms with Crippen LogP contribution in [0.4, 0.5) is 5.00 Å². The summed E-state index contributed by atoms with van der Waals surface area (Å²) in [5.74, 6) is 0.225. The van der Waals surface area contributed by atoms with Crippen molar-refractivity contribution in [1.29, 1.82) is 0 Å². The number of carbonyl (C=O) groups is 1. The molecule has 0 bridgehead atoms. The first-order valence-electron chi connectivity index (χ1n) is 9.47. The average molecular weight is 408 g/mol. The van der Waals surface area contributed by atoms with Gasteiger partial charge in [0.05, 0.1) is 18.9 Å². The smallest absolute Gasteiger partial charge is 0.228 e. The lowest BCUT2D eigenvalue weighted by Gasteiger charge is -2.27. The van der Waals surface area contributed by atoms with Crippen molar-refractivity contribution >= 4 is 34.7 Å². The van der Waals surface area contributed by atoms with Crippen LogP contribution in [0.1, 0.15) is 25.0 Å². The molecular weight excluding hydrogens is 382 g/mol. The molecule has 0 atom stereocenters. The lowest BCUT2D eigenvalue weighted by Crippen LogP contribution is -2.40. The lowest BCUT2D eigenvalue weighted by atomic mass is 10.2. The number of aryl methyl sites for hydroxylation is 1. The number of halogens is 1. The summed E-state index contributed by atoms with van der Waals surface area (Å²) in [5, 5.41) is 2.08. The van der Waals surface area contributed by atoms with E-state index in [0.29, 0.717) is 6.42 Å². The average Bonchev–Trinajstić information content (AvgIpc) is 3.02. The molecule has 2 aromatic rings. The van der Waals surface area contributed by atoms with Gasteiger partial charge >= 0.3 is 0 Å². The molecule has 0 unspecified atom stereocenters. The molecule has 4 rings (SSSR count). The molecule has 0 radical (unpaired) electrons. The van der Waals surface area contributed by atoms with Gasteiger partial charge in [-0.15, -0.1) is 12.4 Å². The number of ether oxygens (including phenoxy) is 1. The Morgan fingerprint density at radius 1 is 1.11 bits per heavy atom. The molecule has 1 aromatic heterocycles. The summed E-state index contributed by atoms with van der Waals surface area (Å²) in [7, 11) is 0. The van der Waals surface area contributed by atoms with E-state index < -0.39 is 0 Å². The number of rotatable bonds is 4. The summed E-state index contributed by atoms with van der Waals surface area (Å²) in [6.07, 6.45) is 3.68. The molecule has 2 aliphatic rings. The molecule has 1 fully saturated rings. The number of amides is 1. The molecular formula is C20H26ClN3O2S.